The van der Waals surface area contributed by atoms with Crippen molar-refractivity contribution in [3.05, 3.63) is 47.6 Å². The molecular formula is C15H16ClN5O. The summed E-state index contributed by atoms with van der Waals surface area (Å²) in [5.41, 5.74) is 0.681. The van der Waals surface area contributed by atoms with Gasteiger partial charge in [0.15, 0.2) is 0 Å². The van der Waals surface area contributed by atoms with Crippen LogP contribution < -0.4 is 5.32 Å². The number of carbonyl (C=O) groups is 1. The zero-order chi connectivity index (χ0) is 15.4. The lowest BCUT2D eigenvalue weighted by atomic mass is 10.0. The molecule has 6 nitrogen and oxygen atoms in total. The summed E-state index contributed by atoms with van der Waals surface area (Å²) < 4.78 is 0. The molecule has 1 amide bonds. The van der Waals surface area contributed by atoms with E-state index >= 15 is 0 Å². The van der Waals surface area contributed by atoms with E-state index in [1.807, 2.05) is 4.90 Å². The first-order valence-corrected chi connectivity index (χ1v) is 7.53. The predicted molar refractivity (Wildman–Crippen MR) is 83.8 cm³/mol. The van der Waals surface area contributed by atoms with Crippen molar-refractivity contribution in [2.75, 3.05) is 18.4 Å². The van der Waals surface area contributed by atoms with E-state index in [4.69, 9.17) is 11.6 Å². The van der Waals surface area contributed by atoms with Crippen LogP contribution in [0.4, 0.5) is 5.82 Å². The summed E-state index contributed by atoms with van der Waals surface area (Å²) in [6.07, 6.45) is 8.03. The van der Waals surface area contributed by atoms with Crippen molar-refractivity contribution in [1.82, 2.24) is 19.9 Å². The van der Waals surface area contributed by atoms with Crippen molar-refractivity contribution in [1.29, 1.82) is 0 Å². The third-order valence-electron chi connectivity index (χ3n) is 3.72. The van der Waals surface area contributed by atoms with E-state index < -0.39 is 0 Å². The van der Waals surface area contributed by atoms with Gasteiger partial charge in [-0.05, 0) is 25.0 Å². The number of carbonyl (C=O) groups excluding carboxylic acids is 1. The molecule has 0 spiro atoms. The van der Waals surface area contributed by atoms with Crippen LogP contribution in [0.15, 0.2) is 37.1 Å². The summed E-state index contributed by atoms with van der Waals surface area (Å²) in [5.74, 6) is 0.705. The number of pyridine rings is 1. The number of aromatic nitrogens is 3. The first kappa shape index (κ1) is 14.7. The van der Waals surface area contributed by atoms with Crippen molar-refractivity contribution < 1.29 is 4.79 Å². The molecular weight excluding hydrogens is 302 g/mol. The fraction of sp³-hybridized carbons (Fsp3) is 0.333. The highest BCUT2D eigenvalue weighted by atomic mass is 35.5. The Morgan fingerprint density at radius 1 is 1.23 bits per heavy atom. The van der Waals surface area contributed by atoms with Gasteiger partial charge in [-0.3, -0.25) is 9.78 Å². The monoisotopic (exact) mass is 317 g/mol. The van der Waals surface area contributed by atoms with E-state index in [-0.39, 0.29) is 11.9 Å². The number of halogens is 1. The second-order valence-corrected chi connectivity index (χ2v) is 5.57. The van der Waals surface area contributed by atoms with Gasteiger partial charge in [0.25, 0.3) is 5.91 Å². The minimum atomic E-state index is 0.0564. The molecule has 1 fully saturated rings. The molecule has 1 aliphatic rings. The Morgan fingerprint density at radius 2 is 1.95 bits per heavy atom. The average Bonchev–Trinajstić information content (AvgIpc) is 2.58. The number of nitrogens with zero attached hydrogens (tertiary/aromatic N) is 4. The van der Waals surface area contributed by atoms with Crippen molar-refractivity contribution in [2.45, 2.75) is 18.9 Å². The molecule has 0 unspecified atom stereocenters. The minimum absolute atomic E-state index is 0.0564. The van der Waals surface area contributed by atoms with E-state index in [9.17, 15) is 4.79 Å². The van der Waals surface area contributed by atoms with Crippen LogP contribution in [-0.2, 0) is 0 Å². The smallest absolute Gasteiger partial charge is 0.253 e. The third kappa shape index (κ3) is 3.33. The standard InChI is InChI=1S/C15H16ClN5O/c16-13-9-18-10-19-14(13)20-12-3-7-21(8-4-12)15(22)11-1-5-17-6-2-11/h1-2,5-6,9-10,12H,3-4,7-8H2,(H,18,19,20). The van der Waals surface area contributed by atoms with Crippen molar-refractivity contribution >= 4 is 23.3 Å². The molecule has 3 heterocycles. The number of piperidine rings is 1. The van der Waals surface area contributed by atoms with Gasteiger partial charge in [0, 0.05) is 37.1 Å². The SMILES string of the molecule is O=C(c1ccncc1)N1CCC(Nc2ncncc2Cl)CC1. The summed E-state index contributed by atoms with van der Waals surface area (Å²) in [6.45, 7) is 1.42. The maximum absolute atomic E-state index is 12.4. The van der Waals surface area contributed by atoms with Crippen LogP contribution in [0.3, 0.4) is 0 Å². The van der Waals surface area contributed by atoms with Gasteiger partial charge in [0.2, 0.25) is 0 Å². The zero-order valence-electron chi connectivity index (χ0n) is 11.9. The molecule has 0 aliphatic carbocycles. The Morgan fingerprint density at radius 3 is 2.64 bits per heavy atom. The van der Waals surface area contributed by atoms with Gasteiger partial charge in [-0.15, -0.1) is 0 Å². The lowest BCUT2D eigenvalue weighted by Gasteiger charge is -2.32. The van der Waals surface area contributed by atoms with Crippen LogP contribution in [0, 0.1) is 0 Å². The van der Waals surface area contributed by atoms with E-state index in [1.165, 1.54) is 6.33 Å². The summed E-state index contributed by atoms with van der Waals surface area (Å²) in [7, 11) is 0. The molecule has 3 rings (SSSR count). The molecule has 2 aromatic rings. The van der Waals surface area contributed by atoms with Crippen LogP contribution in [0.1, 0.15) is 23.2 Å². The summed E-state index contributed by atoms with van der Waals surface area (Å²) in [6, 6.07) is 3.75. The molecule has 1 saturated heterocycles. The largest absolute Gasteiger partial charge is 0.366 e. The highest BCUT2D eigenvalue weighted by Crippen LogP contribution is 2.21. The van der Waals surface area contributed by atoms with E-state index in [1.54, 1.807) is 30.7 Å². The fourth-order valence-electron chi connectivity index (χ4n) is 2.52. The molecule has 0 saturated carbocycles. The lowest BCUT2D eigenvalue weighted by molar-refractivity contribution is 0.0718. The third-order valence-corrected chi connectivity index (χ3v) is 3.99. The van der Waals surface area contributed by atoms with E-state index in [0.29, 0.717) is 29.5 Å². The summed E-state index contributed by atoms with van der Waals surface area (Å²) in [5, 5.41) is 3.83. The van der Waals surface area contributed by atoms with Crippen LogP contribution >= 0.6 is 11.6 Å². The Hall–Kier alpha value is -2.21. The van der Waals surface area contributed by atoms with E-state index in [0.717, 1.165) is 12.8 Å². The van der Waals surface area contributed by atoms with Crippen LogP contribution in [0.25, 0.3) is 0 Å². The molecule has 0 atom stereocenters. The number of hydrogen-bond acceptors (Lipinski definition) is 5. The Kier molecular flexibility index (Phi) is 4.48. The highest BCUT2D eigenvalue weighted by Gasteiger charge is 2.24. The van der Waals surface area contributed by atoms with Crippen molar-refractivity contribution in [2.24, 2.45) is 0 Å². The molecule has 7 heteroatoms. The van der Waals surface area contributed by atoms with Crippen LogP contribution in [-0.4, -0.2) is 44.9 Å². The second kappa shape index (κ2) is 6.70. The summed E-state index contributed by atoms with van der Waals surface area (Å²) >= 11 is 6.04. The van der Waals surface area contributed by atoms with Crippen molar-refractivity contribution in [3.63, 3.8) is 0 Å². The minimum Gasteiger partial charge on any atom is -0.366 e. The topological polar surface area (TPSA) is 71.0 Å². The Balaban J connectivity index is 1.57. The Labute approximate surface area is 133 Å². The molecule has 114 valence electrons. The molecule has 1 aliphatic heterocycles. The Bertz CT molecular complexity index is 643. The molecule has 2 aromatic heterocycles. The zero-order valence-corrected chi connectivity index (χ0v) is 12.7. The highest BCUT2D eigenvalue weighted by molar-refractivity contribution is 6.32. The first-order valence-electron chi connectivity index (χ1n) is 7.15. The lowest BCUT2D eigenvalue weighted by Crippen LogP contribution is -2.42. The number of rotatable bonds is 3. The quantitative estimate of drug-likeness (QED) is 0.940. The van der Waals surface area contributed by atoms with Gasteiger partial charge < -0.3 is 10.2 Å². The maximum Gasteiger partial charge on any atom is 0.253 e. The molecule has 0 bridgehead atoms. The van der Waals surface area contributed by atoms with Gasteiger partial charge in [-0.1, -0.05) is 11.6 Å². The normalized spacial score (nSPS) is 15.6. The number of amides is 1. The fourth-order valence-corrected chi connectivity index (χ4v) is 2.68. The van der Waals surface area contributed by atoms with Gasteiger partial charge >= 0.3 is 0 Å². The van der Waals surface area contributed by atoms with Crippen LogP contribution in [0.2, 0.25) is 5.02 Å². The van der Waals surface area contributed by atoms with Gasteiger partial charge in [-0.2, -0.15) is 0 Å². The summed E-state index contributed by atoms with van der Waals surface area (Å²) in [4.78, 5) is 26.2. The maximum atomic E-state index is 12.4. The van der Waals surface area contributed by atoms with Gasteiger partial charge in [0.1, 0.15) is 17.2 Å². The number of hydrogen-bond donors (Lipinski definition) is 1. The van der Waals surface area contributed by atoms with Gasteiger partial charge in [-0.25, -0.2) is 9.97 Å². The number of nitrogens with one attached hydrogen (secondary N) is 1. The van der Waals surface area contributed by atoms with Crippen molar-refractivity contribution in [3.8, 4) is 0 Å². The van der Waals surface area contributed by atoms with E-state index in [2.05, 4.69) is 20.3 Å². The molecule has 0 radical (unpaired) electrons. The second-order valence-electron chi connectivity index (χ2n) is 5.17. The molecule has 0 aromatic carbocycles. The predicted octanol–water partition coefficient (Wildman–Crippen LogP) is 2.24. The number of likely N-dealkylation sites (tertiary alicyclic amines) is 1. The van der Waals surface area contributed by atoms with Gasteiger partial charge in [0.05, 0.1) is 6.20 Å². The first-order chi connectivity index (χ1) is 10.7. The molecule has 22 heavy (non-hydrogen) atoms. The van der Waals surface area contributed by atoms with Crippen LogP contribution in [0.5, 0.6) is 0 Å². The number of anilines is 1. The molecule has 1 N–H and O–H groups in total. The average molecular weight is 318 g/mol.